The van der Waals surface area contributed by atoms with Gasteiger partial charge in [0.05, 0.1) is 0 Å². The summed E-state index contributed by atoms with van der Waals surface area (Å²) in [6, 6.07) is 16.4. The number of amides is 2. The number of hydrogen-bond donors (Lipinski definition) is 1. The van der Waals surface area contributed by atoms with Gasteiger partial charge in [-0.1, -0.05) is 30.3 Å². The number of rotatable bonds is 5. The molecule has 2 atom stereocenters. The second-order valence-electron chi connectivity index (χ2n) is 5.85. The summed E-state index contributed by atoms with van der Waals surface area (Å²) in [5, 5.41) is 0. The van der Waals surface area contributed by atoms with Crippen molar-refractivity contribution in [2.45, 2.75) is 25.6 Å². The first kappa shape index (κ1) is 16.8. The molecule has 2 aromatic carbocycles. The van der Waals surface area contributed by atoms with Gasteiger partial charge < -0.3 is 20.1 Å². The van der Waals surface area contributed by atoms with Crippen LogP contribution in [0.2, 0.25) is 0 Å². The Kier molecular flexibility index (Phi) is 4.88. The van der Waals surface area contributed by atoms with Gasteiger partial charge >= 0.3 is 0 Å². The second-order valence-corrected chi connectivity index (χ2v) is 5.85. The molecule has 0 aliphatic carbocycles. The van der Waals surface area contributed by atoms with Crippen LogP contribution in [0.25, 0.3) is 0 Å². The van der Waals surface area contributed by atoms with Crippen LogP contribution in [-0.2, 0) is 9.59 Å². The van der Waals surface area contributed by atoms with Crippen molar-refractivity contribution in [1.82, 2.24) is 0 Å². The summed E-state index contributed by atoms with van der Waals surface area (Å²) >= 11 is 0. The van der Waals surface area contributed by atoms with E-state index in [-0.39, 0.29) is 18.9 Å². The van der Waals surface area contributed by atoms with Gasteiger partial charge in [0.2, 0.25) is 12.0 Å². The van der Waals surface area contributed by atoms with Crippen LogP contribution in [0.4, 0.5) is 5.69 Å². The highest BCUT2D eigenvalue weighted by atomic mass is 16.6. The smallest absolute Gasteiger partial charge is 0.271 e. The number of carbonyl (C=O) groups is 2. The zero-order valence-electron chi connectivity index (χ0n) is 13.9. The van der Waals surface area contributed by atoms with Crippen molar-refractivity contribution in [2.24, 2.45) is 5.73 Å². The average Bonchev–Trinajstić information content (AvgIpc) is 2.61. The monoisotopic (exact) mass is 340 g/mol. The molecule has 0 fully saturated rings. The fourth-order valence-corrected chi connectivity index (χ4v) is 2.74. The molecule has 0 aromatic heterocycles. The number of fused-ring (bicyclic) bond motifs is 1. The molecular formula is C19H20N2O4. The van der Waals surface area contributed by atoms with Crippen molar-refractivity contribution >= 4 is 17.5 Å². The van der Waals surface area contributed by atoms with Crippen molar-refractivity contribution in [3.63, 3.8) is 0 Å². The standard InChI is InChI=1S/C19H20N2O4/c1-13-18(25-16-10-6-5-9-15(16)24-13)19(23)21(12-11-17(20)22)14-7-3-2-4-8-14/h2-10,13,18H,11-12H2,1H3,(H2,20,22). The molecule has 2 amide bonds. The Morgan fingerprint density at radius 1 is 1.00 bits per heavy atom. The zero-order chi connectivity index (χ0) is 17.8. The first-order chi connectivity index (χ1) is 12.1. The van der Waals surface area contributed by atoms with Gasteiger partial charge in [-0.2, -0.15) is 0 Å². The lowest BCUT2D eigenvalue weighted by molar-refractivity contribution is -0.130. The molecule has 2 unspecified atom stereocenters. The number of anilines is 1. The fraction of sp³-hybridized carbons (Fsp3) is 0.263. The summed E-state index contributed by atoms with van der Waals surface area (Å²) < 4.78 is 11.7. The van der Waals surface area contributed by atoms with Crippen LogP contribution in [0.15, 0.2) is 54.6 Å². The molecule has 6 heteroatoms. The Morgan fingerprint density at radius 2 is 1.60 bits per heavy atom. The van der Waals surface area contributed by atoms with E-state index in [9.17, 15) is 9.59 Å². The molecule has 25 heavy (non-hydrogen) atoms. The molecule has 0 saturated carbocycles. The lowest BCUT2D eigenvalue weighted by atomic mass is 10.1. The van der Waals surface area contributed by atoms with Crippen LogP contribution in [0, 0.1) is 0 Å². The summed E-state index contributed by atoms with van der Waals surface area (Å²) in [5.41, 5.74) is 5.94. The number of nitrogens with zero attached hydrogens (tertiary/aromatic N) is 1. The number of nitrogens with two attached hydrogens (primary N) is 1. The maximum absolute atomic E-state index is 13.1. The molecule has 1 heterocycles. The molecule has 0 spiro atoms. The van der Waals surface area contributed by atoms with Crippen LogP contribution in [0.5, 0.6) is 11.5 Å². The van der Waals surface area contributed by atoms with Crippen molar-refractivity contribution in [3.8, 4) is 11.5 Å². The van der Waals surface area contributed by atoms with Gasteiger partial charge in [-0.15, -0.1) is 0 Å². The first-order valence-corrected chi connectivity index (χ1v) is 8.13. The molecule has 130 valence electrons. The third kappa shape index (κ3) is 3.74. The SMILES string of the molecule is CC1Oc2ccccc2OC1C(=O)N(CCC(N)=O)c1ccccc1. The van der Waals surface area contributed by atoms with E-state index in [0.717, 1.165) is 0 Å². The van der Waals surface area contributed by atoms with E-state index in [4.69, 9.17) is 15.2 Å². The molecular weight excluding hydrogens is 320 g/mol. The van der Waals surface area contributed by atoms with Gasteiger partial charge in [0.25, 0.3) is 5.91 Å². The number of ether oxygens (including phenoxy) is 2. The summed E-state index contributed by atoms with van der Waals surface area (Å²) in [6.45, 7) is 1.97. The highest BCUT2D eigenvalue weighted by molar-refractivity contribution is 5.98. The third-order valence-corrected chi connectivity index (χ3v) is 4.00. The van der Waals surface area contributed by atoms with Gasteiger partial charge in [-0.05, 0) is 31.2 Å². The second kappa shape index (κ2) is 7.25. The predicted octanol–water partition coefficient (Wildman–Crippen LogP) is 2.12. The molecule has 0 radical (unpaired) electrons. The number of para-hydroxylation sites is 3. The maximum atomic E-state index is 13.1. The van der Waals surface area contributed by atoms with Gasteiger partial charge in [-0.3, -0.25) is 9.59 Å². The summed E-state index contributed by atoms with van der Waals surface area (Å²) in [4.78, 5) is 25.8. The molecule has 2 aromatic rings. The van der Waals surface area contributed by atoms with E-state index < -0.39 is 18.1 Å². The molecule has 1 aliphatic rings. The quantitative estimate of drug-likeness (QED) is 0.904. The number of carbonyl (C=O) groups excluding carboxylic acids is 2. The number of primary amides is 1. The number of benzene rings is 2. The maximum Gasteiger partial charge on any atom is 0.271 e. The summed E-state index contributed by atoms with van der Waals surface area (Å²) in [5.74, 6) is 0.409. The third-order valence-electron chi connectivity index (χ3n) is 4.00. The largest absolute Gasteiger partial charge is 0.482 e. The molecule has 3 rings (SSSR count). The molecule has 0 saturated heterocycles. The van der Waals surface area contributed by atoms with Crippen LogP contribution in [0.1, 0.15) is 13.3 Å². The van der Waals surface area contributed by atoms with Gasteiger partial charge in [0, 0.05) is 18.7 Å². The topological polar surface area (TPSA) is 81.9 Å². The Labute approximate surface area is 146 Å². The highest BCUT2D eigenvalue weighted by Crippen LogP contribution is 2.34. The van der Waals surface area contributed by atoms with Crippen molar-refractivity contribution in [3.05, 3.63) is 54.6 Å². The van der Waals surface area contributed by atoms with Crippen molar-refractivity contribution in [2.75, 3.05) is 11.4 Å². The average molecular weight is 340 g/mol. The van der Waals surface area contributed by atoms with Gasteiger partial charge in [0.1, 0.15) is 6.10 Å². The minimum atomic E-state index is -0.803. The van der Waals surface area contributed by atoms with Crippen LogP contribution in [0.3, 0.4) is 0 Å². The van der Waals surface area contributed by atoms with Gasteiger partial charge in [-0.25, -0.2) is 0 Å². The van der Waals surface area contributed by atoms with E-state index in [0.29, 0.717) is 17.2 Å². The lowest BCUT2D eigenvalue weighted by Crippen LogP contribution is -2.51. The van der Waals surface area contributed by atoms with Crippen molar-refractivity contribution in [1.29, 1.82) is 0 Å². The van der Waals surface area contributed by atoms with Crippen LogP contribution in [-0.4, -0.2) is 30.6 Å². The van der Waals surface area contributed by atoms with Crippen LogP contribution >= 0.6 is 0 Å². The lowest BCUT2D eigenvalue weighted by Gasteiger charge is -2.34. The number of hydrogen-bond acceptors (Lipinski definition) is 4. The minimum absolute atomic E-state index is 0.0686. The molecule has 0 bridgehead atoms. The minimum Gasteiger partial charge on any atom is -0.482 e. The van der Waals surface area contributed by atoms with E-state index in [1.54, 1.807) is 31.2 Å². The van der Waals surface area contributed by atoms with E-state index in [1.165, 1.54) is 4.90 Å². The van der Waals surface area contributed by atoms with E-state index >= 15 is 0 Å². The summed E-state index contributed by atoms with van der Waals surface area (Å²) in [6.07, 6.45) is -1.19. The molecule has 6 nitrogen and oxygen atoms in total. The fourth-order valence-electron chi connectivity index (χ4n) is 2.74. The first-order valence-electron chi connectivity index (χ1n) is 8.13. The van der Waals surface area contributed by atoms with Crippen LogP contribution < -0.4 is 20.1 Å². The summed E-state index contributed by atoms with van der Waals surface area (Å²) in [7, 11) is 0. The van der Waals surface area contributed by atoms with E-state index in [1.807, 2.05) is 30.3 Å². The molecule has 1 aliphatic heterocycles. The highest BCUT2D eigenvalue weighted by Gasteiger charge is 2.37. The Balaban J connectivity index is 1.85. The normalized spacial score (nSPS) is 18.4. The van der Waals surface area contributed by atoms with E-state index in [2.05, 4.69) is 0 Å². The Hall–Kier alpha value is -3.02. The van der Waals surface area contributed by atoms with Gasteiger partial charge in [0.15, 0.2) is 11.5 Å². The van der Waals surface area contributed by atoms with Crippen molar-refractivity contribution < 1.29 is 19.1 Å². The predicted molar refractivity (Wildman–Crippen MR) is 93.6 cm³/mol. The zero-order valence-corrected chi connectivity index (χ0v) is 13.9. The Bertz CT molecular complexity index is 763. The Morgan fingerprint density at radius 3 is 2.24 bits per heavy atom. The molecule has 2 N–H and O–H groups in total.